The van der Waals surface area contributed by atoms with Gasteiger partial charge in [0.25, 0.3) is 0 Å². The SMILES string of the molecule is C[C@@H]1CCC[C@@H](C)N1C[C@H](O)COc1ccc(Cl)cc1. The molecular weight excluding hydrogens is 274 g/mol. The van der Waals surface area contributed by atoms with Crippen LogP contribution in [0.15, 0.2) is 24.3 Å². The molecule has 1 aromatic carbocycles. The molecule has 1 aromatic rings. The van der Waals surface area contributed by atoms with Gasteiger partial charge in [0.2, 0.25) is 0 Å². The van der Waals surface area contributed by atoms with Crippen molar-refractivity contribution in [2.24, 2.45) is 0 Å². The number of aliphatic hydroxyl groups is 1. The Hall–Kier alpha value is -0.770. The highest BCUT2D eigenvalue weighted by molar-refractivity contribution is 6.30. The first-order chi connectivity index (χ1) is 9.56. The van der Waals surface area contributed by atoms with E-state index in [0.29, 0.717) is 30.3 Å². The lowest BCUT2D eigenvalue weighted by Crippen LogP contribution is -2.48. The van der Waals surface area contributed by atoms with Crippen LogP contribution in [0.1, 0.15) is 33.1 Å². The highest BCUT2D eigenvalue weighted by atomic mass is 35.5. The van der Waals surface area contributed by atoms with Gasteiger partial charge in [0.15, 0.2) is 0 Å². The number of ether oxygens (including phenoxy) is 1. The molecule has 2 rings (SSSR count). The minimum atomic E-state index is -0.464. The van der Waals surface area contributed by atoms with Crippen LogP contribution in [0.3, 0.4) is 0 Å². The third kappa shape index (κ3) is 4.37. The van der Waals surface area contributed by atoms with E-state index in [1.54, 1.807) is 12.1 Å². The summed E-state index contributed by atoms with van der Waals surface area (Å²) in [4.78, 5) is 2.39. The molecule has 0 radical (unpaired) electrons. The second-order valence-corrected chi connectivity index (χ2v) is 6.18. The van der Waals surface area contributed by atoms with E-state index in [1.165, 1.54) is 19.3 Å². The minimum Gasteiger partial charge on any atom is -0.491 e. The maximum atomic E-state index is 10.2. The van der Waals surface area contributed by atoms with Crippen LogP contribution in [0.4, 0.5) is 0 Å². The number of hydrogen-bond acceptors (Lipinski definition) is 3. The average molecular weight is 298 g/mol. The largest absolute Gasteiger partial charge is 0.491 e. The first-order valence-electron chi connectivity index (χ1n) is 7.38. The highest BCUT2D eigenvalue weighted by Crippen LogP contribution is 2.22. The van der Waals surface area contributed by atoms with Crippen molar-refractivity contribution in [2.75, 3.05) is 13.2 Å². The van der Waals surface area contributed by atoms with Crippen LogP contribution in [0, 0.1) is 0 Å². The number of halogens is 1. The topological polar surface area (TPSA) is 32.7 Å². The number of nitrogens with zero attached hydrogens (tertiary/aromatic N) is 1. The van der Waals surface area contributed by atoms with Crippen molar-refractivity contribution in [3.8, 4) is 5.75 Å². The summed E-state index contributed by atoms with van der Waals surface area (Å²) in [7, 11) is 0. The highest BCUT2D eigenvalue weighted by Gasteiger charge is 2.26. The third-order valence-electron chi connectivity index (χ3n) is 4.05. The van der Waals surface area contributed by atoms with Crippen molar-refractivity contribution < 1.29 is 9.84 Å². The molecule has 3 nitrogen and oxygen atoms in total. The minimum absolute atomic E-state index is 0.317. The fourth-order valence-electron chi connectivity index (χ4n) is 2.85. The van der Waals surface area contributed by atoms with Gasteiger partial charge in [0.1, 0.15) is 18.5 Å². The number of likely N-dealkylation sites (tertiary alicyclic amines) is 1. The predicted octanol–water partition coefficient (Wildman–Crippen LogP) is 3.34. The van der Waals surface area contributed by atoms with Crippen molar-refractivity contribution in [1.82, 2.24) is 4.90 Å². The zero-order valence-electron chi connectivity index (χ0n) is 12.3. The molecule has 1 saturated heterocycles. The Bertz CT molecular complexity index is 399. The van der Waals surface area contributed by atoms with Gasteiger partial charge >= 0.3 is 0 Å². The molecule has 3 atom stereocenters. The molecular formula is C16H24ClNO2. The molecule has 4 heteroatoms. The number of aliphatic hydroxyl groups excluding tert-OH is 1. The van der Waals surface area contributed by atoms with Gasteiger partial charge in [-0.15, -0.1) is 0 Å². The Morgan fingerprint density at radius 3 is 2.45 bits per heavy atom. The third-order valence-corrected chi connectivity index (χ3v) is 4.31. The van der Waals surface area contributed by atoms with Crippen LogP contribution in [-0.4, -0.2) is 41.3 Å². The first-order valence-corrected chi connectivity index (χ1v) is 7.76. The maximum Gasteiger partial charge on any atom is 0.119 e. The zero-order valence-corrected chi connectivity index (χ0v) is 13.0. The average Bonchev–Trinajstić information content (AvgIpc) is 2.42. The molecule has 1 N–H and O–H groups in total. The van der Waals surface area contributed by atoms with E-state index in [0.717, 1.165) is 5.75 Å². The molecule has 0 amide bonds. The van der Waals surface area contributed by atoms with Crippen molar-refractivity contribution in [2.45, 2.75) is 51.3 Å². The summed E-state index contributed by atoms with van der Waals surface area (Å²) in [5.41, 5.74) is 0. The van der Waals surface area contributed by atoms with Crippen LogP contribution < -0.4 is 4.74 Å². The standard InChI is InChI=1S/C16H24ClNO2/c1-12-4-3-5-13(2)18(12)10-15(19)11-20-16-8-6-14(17)7-9-16/h6-9,12-13,15,19H,3-5,10-11H2,1-2H3/t12-,13-,15+/m1/s1. The molecule has 1 fully saturated rings. The van der Waals surface area contributed by atoms with Crippen LogP contribution in [0.25, 0.3) is 0 Å². The number of piperidine rings is 1. The molecule has 1 heterocycles. The Morgan fingerprint density at radius 1 is 1.25 bits per heavy atom. The van der Waals surface area contributed by atoms with E-state index in [1.807, 2.05) is 12.1 Å². The lowest BCUT2D eigenvalue weighted by Gasteiger charge is -2.40. The molecule has 0 bridgehead atoms. The van der Waals surface area contributed by atoms with Crippen LogP contribution in [0.5, 0.6) is 5.75 Å². The van der Waals surface area contributed by atoms with E-state index < -0.39 is 6.10 Å². The summed E-state index contributed by atoms with van der Waals surface area (Å²) in [6.07, 6.45) is 3.26. The van der Waals surface area contributed by atoms with Crippen molar-refractivity contribution in [3.63, 3.8) is 0 Å². The van der Waals surface area contributed by atoms with Crippen LogP contribution in [-0.2, 0) is 0 Å². The van der Waals surface area contributed by atoms with E-state index in [4.69, 9.17) is 16.3 Å². The molecule has 0 unspecified atom stereocenters. The summed E-state index contributed by atoms with van der Waals surface area (Å²) in [6.45, 7) is 5.47. The predicted molar refractivity (Wildman–Crippen MR) is 82.4 cm³/mol. The van der Waals surface area contributed by atoms with Gasteiger partial charge in [0.05, 0.1) is 0 Å². The number of β-amino-alcohol motifs (C(OH)–C–C–N with tert-alkyl or cyclic N) is 1. The molecule has 0 saturated carbocycles. The Balaban J connectivity index is 1.79. The van der Waals surface area contributed by atoms with E-state index in [-0.39, 0.29) is 0 Å². The molecule has 0 aliphatic carbocycles. The second kappa shape index (κ2) is 7.30. The number of hydrogen-bond donors (Lipinski definition) is 1. The lowest BCUT2D eigenvalue weighted by molar-refractivity contribution is 0.0209. The van der Waals surface area contributed by atoms with E-state index >= 15 is 0 Å². The van der Waals surface area contributed by atoms with Crippen LogP contribution >= 0.6 is 11.6 Å². The van der Waals surface area contributed by atoms with Gasteiger partial charge in [0, 0.05) is 23.7 Å². The van der Waals surface area contributed by atoms with Gasteiger partial charge in [-0.3, -0.25) is 4.90 Å². The first kappa shape index (κ1) is 15.6. The summed E-state index contributed by atoms with van der Waals surface area (Å²) >= 11 is 5.82. The van der Waals surface area contributed by atoms with Gasteiger partial charge in [-0.05, 0) is 51.0 Å². The van der Waals surface area contributed by atoms with Gasteiger partial charge < -0.3 is 9.84 Å². The van der Waals surface area contributed by atoms with Gasteiger partial charge in [-0.25, -0.2) is 0 Å². The lowest BCUT2D eigenvalue weighted by atomic mass is 9.97. The number of rotatable bonds is 5. The quantitative estimate of drug-likeness (QED) is 0.905. The Labute approximate surface area is 126 Å². The molecule has 1 aliphatic rings. The molecule has 0 aromatic heterocycles. The normalized spacial score (nSPS) is 25.4. The molecule has 20 heavy (non-hydrogen) atoms. The maximum absolute atomic E-state index is 10.2. The molecule has 1 aliphatic heterocycles. The summed E-state index contributed by atoms with van der Waals surface area (Å²) in [5.74, 6) is 0.744. The fourth-order valence-corrected chi connectivity index (χ4v) is 2.98. The molecule has 112 valence electrons. The Morgan fingerprint density at radius 2 is 1.85 bits per heavy atom. The van der Waals surface area contributed by atoms with Gasteiger partial charge in [-0.2, -0.15) is 0 Å². The number of benzene rings is 1. The van der Waals surface area contributed by atoms with Gasteiger partial charge in [-0.1, -0.05) is 18.0 Å². The van der Waals surface area contributed by atoms with Crippen molar-refractivity contribution >= 4 is 11.6 Å². The summed E-state index contributed by atoms with van der Waals surface area (Å²) < 4.78 is 5.60. The zero-order chi connectivity index (χ0) is 14.5. The van der Waals surface area contributed by atoms with Crippen molar-refractivity contribution in [1.29, 1.82) is 0 Å². The smallest absolute Gasteiger partial charge is 0.119 e. The van der Waals surface area contributed by atoms with E-state index in [9.17, 15) is 5.11 Å². The van der Waals surface area contributed by atoms with E-state index in [2.05, 4.69) is 18.7 Å². The monoisotopic (exact) mass is 297 g/mol. The summed E-state index contributed by atoms with van der Waals surface area (Å²) in [5, 5.41) is 10.8. The summed E-state index contributed by atoms with van der Waals surface area (Å²) in [6, 6.07) is 8.31. The van der Waals surface area contributed by atoms with Crippen molar-refractivity contribution in [3.05, 3.63) is 29.3 Å². The Kier molecular flexibility index (Phi) is 5.70. The molecule has 0 spiro atoms. The second-order valence-electron chi connectivity index (χ2n) is 5.74. The fraction of sp³-hybridized carbons (Fsp3) is 0.625. The van der Waals surface area contributed by atoms with Crippen LogP contribution in [0.2, 0.25) is 5.02 Å².